The van der Waals surface area contributed by atoms with Crippen molar-refractivity contribution in [3.05, 3.63) is 23.8 Å². The van der Waals surface area contributed by atoms with E-state index >= 15 is 0 Å². The van der Waals surface area contributed by atoms with Crippen LogP contribution < -0.4 is 5.32 Å². The lowest BCUT2D eigenvalue weighted by Gasteiger charge is -2.02. The molecular formula is C10H19NO2. The highest BCUT2D eigenvalue weighted by Gasteiger charge is 1.89. The number of ether oxygens (including phenoxy) is 1. The molecule has 76 valence electrons. The average Bonchev–Trinajstić information content (AvgIpc) is 2.14. The Bertz CT molecular complexity index is 164. The van der Waals surface area contributed by atoms with Crippen molar-refractivity contribution < 1.29 is 9.84 Å². The molecule has 0 radical (unpaired) electrons. The van der Waals surface area contributed by atoms with Crippen molar-refractivity contribution in [2.24, 2.45) is 0 Å². The Morgan fingerprint density at radius 2 is 2.31 bits per heavy atom. The van der Waals surface area contributed by atoms with Crippen LogP contribution in [0.5, 0.6) is 0 Å². The van der Waals surface area contributed by atoms with Gasteiger partial charge in [-0.2, -0.15) is 0 Å². The number of aliphatic hydroxyl groups is 1. The largest absolute Gasteiger partial charge is 0.392 e. The van der Waals surface area contributed by atoms with E-state index in [1.807, 2.05) is 12.2 Å². The maximum Gasteiger partial charge on any atom is 0.0646 e. The molecule has 0 saturated carbocycles. The fourth-order valence-electron chi connectivity index (χ4n) is 0.881. The van der Waals surface area contributed by atoms with Crippen LogP contribution in [-0.2, 0) is 4.74 Å². The molecule has 3 nitrogen and oxygen atoms in total. The summed E-state index contributed by atoms with van der Waals surface area (Å²) < 4.78 is 4.88. The normalized spacial score (nSPS) is 12.7. The molecule has 0 amide bonds. The maximum absolute atomic E-state index is 8.72. The van der Waals surface area contributed by atoms with Gasteiger partial charge in [0, 0.05) is 13.7 Å². The Morgan fingerprint density at radius 3 is 2.85 bits per heavy atom. The second kappa shape index (κ2) is 9.45. The highest BCUT2D eigenvalue weighted by Crippen LogP contribution is 1.94. The summed E-state index contributed by atoms with van der Waals surface area (Å²) in [6, 6.07) is 0. The minimum absolute atomic E-state index is 0.0814. The Labute approximate surface area is 80.1 Å². The summed E-state index contributed by atoms with van der Waals surface area (Å²) in [6.45, 7) is 4.46. The Kier molecular flexibility index (Phi) is 8.98. The van der Waals surface area contributed by atoms with Gasteiger partial charge in [0.1, 0.15) is 0 Å². The van der Waals surface area contributed by atoms with Gasteiger partial charge in [-0.25, -0.2) is 0 Å². The number of rotatable bonds is 7. The topological polar surface area (TPSA) is 41.5 Å². The van der Waals surface area contributed by atoms with E-state index in [1.54, 1.807) is 13.2 Å². The first-order chi connectivity index (χ1) is 6.35. The fraction of sp³-hybridized carbons (Fsp3) is 0.600. The monoisotopic (exact) mass is 185 g/mol. The molecule has 0 fully saturated rings. The lowest BCUT2D eigenvalue weighted by Crippen LogP contribution is -2.15. The standard InChI is InChI=1S/C10H19NO2/c1-3-11-9-10(6-7-12)5-4-8-13-2/h4-6,11-12H,3,7-9H2,1-2H3/b5-4-,10-6+. The van der Waals surface area contributed by atoms with E-state index in [2.05, 4.69) is 12.2 Å². The van der Waals surface area contributed by atoms with Gasteiger partial charge in [0.05, 0.1) is 13.2 Å². The van der Waals surface area contributed by atoms with Crippen LogP contribution in [0.4, 0.5) is 0 Å². The first-order valence-electron chi connectivity index (χ1n) is 4.51. The van der Waals surface area contributed by atoms with Crippen molar-refractivity contribution in [1.82, 2.24) is 5.32 Å². The molecule has 0 spiro atoms. The number of nitrogens with one attached hydrogen (secondary N) is 1. The zero-order valence-electron chi connectivity index (χ0n) is 8.42. The Balaban J connectivity index is 3.87. The quantitative estimate of drug-likeness (QED) is 0.574. The van der Waals surface area contributed by atoms with Gasteiger partial charge < -0.3 is 15.2 Å². The second-order valence-corrected chi connectivity index (χ2v) is 2.60. The van der Waals surface area contributed by atoms with Crippen LogP contribution in [0, 0.1) is 0 Å². The van der Waals surface area contributed by atoms with E-state index in [1.165, 1.54) is 0 Å². The highest BCUT2D eigenvalue weighted by atomic mass is 16.5. The van der Waals surface area contributed by atoms with Crippen molar-refractivity contribution in [1.29, 1.82) is 0 Å². The molecule has 0 rings (SSSR count). The molecule has 0 aliphatic heterocycles. The molecule has 0 unspecified atom stereocenters. The van der Waals surface area contributed by atoms with Crippen LogP contribution in [0.3, 0.4) is 0 Å². The van der Waals surface area contributed by atoms with Crippen LogP contribution >= 0.6 is 0 Å². The van der Waals surface area contributed by atoms with Crippen molar-refractivity contribution >= 4 is 0 Å². The van der Waals surface area contributed by atoms with Gasteiger partial charge in [-0.1, -0.05) is 25.2 Å². The zero-order chi connectivity index (χ0) is 9.94. The molecular weight excluding hydrogens is 166 g/mol. The van der Waals surface area contributed by atoms with E-state index in [9.17, 15) is 0 Å². The summed E-state index contributed by atoms with van der Waals surface area (Å²) in [6.07, 6.45) is 5.68. The summed E-state index contributed by atoms with van der Waals surface area (Å²) >= 11 is 0. The van der Waals surface area contributed by atoms with E-state index < -0.39 is 0 Å². The molecule has 0 aromatic heterocycles. The molecule has 0 aliphatic rings. The number of hydrogen-bond acceptors (Lipinski definition) is 3. The van der Waals surface area contributed by atoms with Crippen LogP contribution in [0.1, 0.15) is 6.92 Å². The SMILES string of the molecule is CCNCC(/C=C\COC)=C/CO. The lowest BCUT2D eigenvalue weighted by molar-refractivity contribution is 0.234. The molecule has 0 aliphatic carbocycles. The fourth-order valence-corrected chi connectivity index (χ4v) is 0.881. The number of likely N-dealkylation sites (N-methyl/N-ethyl adjacent to an activating group) is 1. The predicted octanol–water partition coefficient (Wildman–Crippen LogP) is 0.717. The molecule has 3 heteroatoms. The summed E-state index contributed by atoms with van der Waals surface area (Å²) in [7, 11) is 1.66. The number of aliphatic hydroxyl groups excluding tert-OH is 1. The summed E-state index contributed by atoms with van der Waals surface area (Å²) in [5, 5.41) is 11.9. The number of methoxy groups -OCH3 is 1. The van der Waals surface area contributed by atoms with Gasteiger partial charge in [-0.05, 0) is 12.1 Å². The Hall–Kier alpha value is -0.640. The van der Waals surface area contributed by atoms with Crippen LogP contribution in [0.15, 0.2) is 23.8 Å². The molecule has 0 atom stereocenters. The third-order valence-corrected chi connectivity index (χ3v) is 1.53. The minimum atomic E-state index is 0.0814. The van der Waals surface area contributed by atoms with E-state index in [0.29, 0.717) is 6.61 Å². The minimum Gasteiger partial charge on any atom is -0.392 e. The molecule has 2 N–H and O–H groups in total. The predicted molar refractivity (Wildman–Crippen MR) is 54.7 cm³/mol. The van der Waals surface area contributed by atoms with Gasteiger partial charge in [-0.3, -0.25) is 0 Å². The third kappa shape index (κ3) is 7.71. The van der Waals surface area contributed by atoms with Gasteiger partial charge in [0.2, 0.25) is 0 Å². The first kappa shape index (κ1) is 12.4. The van der Waals surface area contributed by atoms with Crippen molar-refractivity contribution in [2.45, 2.75) is 6.92 Å². The zero-order valence-corrected chi connectivity index (χ0v) is 8.42. The summed E-state index contributed by atoms with van der Waals surface area (Å²) in [5.41, 5.74) is 1.08. The molecule has 0 saturated heterocycles. The van der Waals surface area contributed by atoms with E-state index in [-0.39, 0.29) is 6.61 Å². The van der Waals surface area contributed by atoms with Crippen LogP contribution in [-0.4, -0.2) is 38.5 Å². The average molecular weight is 185 g/mol. The van der Waals surface area contributed by atoms with Gasteiger partial charge in [0.15, 0.2) is 0 Å². The maximum atomic E-state index is 8.72. The Morgan fingerprint density at radius 1 is 1.54 bits per heavy atom. The van der Waals surface area contributed by atoms with E-state index in [4.69, 9.17) is 9.84 Å². The van der Waals surface area contributed by atoms with Crippen molar-refractivity contribution in [2.75, 3.05) is 33.4 Å². The lowest BCUT2D eigenvalue weighted by atomic mass is 10.2. The molecule has 0 aromatic rings. The van der Waals surface area contributed by atoms with Crippen LogP contribution in [0.2, 0.25) is 0 Å². The van der Waals surface area contributed by atoms with Gasteiger partial charge in [-0.15, -0.1) is 0 Å². The van der Waals surface area contributed by atoms with Gasteiger partial charge >= 0.3 is 0 Å². The second-order valence-electron chi connectivity index (χ2n) is 2.60. The third-order valence-electron chi connectivity index (χ3n) is 1.53. The summed E-state index contributed by atoms with van der Waals surface area (Å²) in [5.74, 6) is 0. The molecule has 0 aromatic carbocycles. The molecule has 0 bridgehead atoms. The smallest absolute Gasteiger partial charge is 0.0646 e. The number of hydrogen-bond donors (Lipinski definition) is 2. The molecule has 13 heavy (non-hydrogen) atoms. The van der Waals surface area contributed by atoms with Crippen molar-refractivity contribution in [3.8, 4) is 0 Å². The first-order valence-corrected chi connectivity index (χ1v) is 4.51. The van der Waals surface area contributed by atoms with Crippen molar-refractivity contribution in [3.63, 3.8) is 0 Å². The van der Waals surface area contributed by atoms with Gasteiger partial charge in [0.25, 0.3) is 0 Å². The van der Waals surface area contributed by atoms with E-state index in [0.717, 1.165) is 18.7 Å². The van der Waals surface area contributed by atoms with Crippen LogP contribution in [0.25, 0.3) is 0 Å². The molecule has 0 heterocycles. The summed E-state index contributed by atoms with van der Waals surface area (Å²) in [4.78, 5) is 0. The highest BCUT2D eigenvalue weighted by molar-refractivity contribution is 5.20.